The molecule has 0 radical (unpaired) electrons. The summed E-state index contributed by atoms with van der Waals surface area (Å²) in [6.07, 6.45) is 0. The molecule has 1 aromatic rings. The maximum atomic E-state index is 11.8. The lowest BCUT2D eigenvalue weighted by Crippen LogP contribution is -2.50. The molecule has 1 heterocycles. The van der Waals surface area contributed by atoms with Gasteiger partial charge in [-0.2, -0.15) is 0 Å². The molecule has 1 aliphatic heterocycles. The summed E-state index contributed by atoms with van der Waals surface area (Å²) >= 11 is 5.07. The Labute approximate surface area is 115 Å². The van der Waals surface area contributed by atoms with Crippen molar-refractivity contribution >= 4 is 34.8 Å². The molecule has 1 saturated heterocycles. The summed E-state index contributed by atoms with van der Waals surface area (Å²) in [7, 11) is 0. The zero-order valence-electron chi connectivity index (χ0n) is 10.5. The minimum Gasteiger partial charge on any atom is -0.422 e. The van der Waals surface area contributed by atoms with E-state index in [4.69, 9.17) is 21.7 Å². The smallest absolute Gasteiger partial charge is 0.330 e. The lowest BCUT2D eigenvalue weighted by atomic mass is 10.1. The average Bonchev–Trinajstić information content (AvgIpc) is 2.27. The van der Waals surface area contributed by atoms with Gasteiger partial charge in [0.1, 0.15) is 4.99 Å². The topological polar surface area (TPSA) is 64.6 Å². The Morgan fingerprint density at radius 1 is 1.16 bits per heavy atom. The van der Waals surface area contributed by atoms with Crippen LogP contribution >= 0.6 is 12.2 Å². The number of cyclic esters (lactones) is 2. The molecule has 19 heavy (non-hydrogen) atoms. The molecule has 0 bridgehead atoms. The van der Waals surface area contributed by atoms with Crippen LogP contribution in [0.4, 0.5) is 5.69 Å². The van der Waals surface area contributed by atoms with Crippen molar-refractivity contribution in [3.8, 4) is 0 Å². The average molecular weight is 279 g/mol. The van der Waals surface area contributed by atoms with Gasteiger partial charge in [0.25, 0.3) is 5.79 Å². The number of carbonyl (C=O) groups is 2. The number of benzene rings is 1. The van der Waals surface area contributed by atoms with Gasteiger partial charge in [-0.25, -0.2) is 0 Å². The predicted octanol–water partition coefficient (Wildman–Crippen LogP) is 1.88. The van der Waals surface area contributed by atoms with Crippen LogP contribution in [-0.2, 0) is 19.1 Å². The molecule has 0 amide bonds. The van der Waals surface area contributed by atoms with Crippen molar-refractivity contribution in [2.75, 3.05) is 5.32 Å². The maximum absolute atomic E-state index is 11.8. The second-order valence-electron chi connectivity index (χ2n) is 4.53. The summed E-state index contributed by atoms with van der Waals surface area (Å²) < 4.78 is 10.0. The molecule has 2 rings (SSSR count). The van der Waals surface area contributed by atoms with Crippen LogP contribution in [-0.4, -0.2) is 22.7 Å². The molecular formula is C13H13NO4S. The fourth-order valence-electron chi connectivity index (χ4n) is 1.67. The van der Waals surface area contributed by atoms with E-state index in [0.717, 1.165) is 0 Å². The molecule has 100 valence electrons. The number of rotatable bonds is 2. The van der Waals surface area contributed by atoms with Gasteiger partial charge in [-0.15, -0.1) is 0 Å². The van der Waals surface area contributed by atoms with Crippen molar-refractivity contribution in [1.82, 2.24) is 0 Å². The summed E-state index contributed by atoms with van der Waals surface area (Å²) in [5, 5.41) is 2.83. The second-order valence-corrected chi connectivity index (χ2v) is 4.97. The molecule has 1 N–H and O–H groups in total. The number of thiocarbonyl (C=S) groups is 1. The van der Waals surface area contributed by atoms with Gasteiger partial charge in [0, 0.05) is 19.5 Å². The van der Waals surface area contributed by atoms with Crippen LogP contribution in [0.1, 0.15) is 13.8 Å². The Hall–Kier alpha value is -1.95. The Morgan fingerprint density at radius 2 is 1.68 bits per heavy atom. The number of nitrogens with one attached hydrogen (secondary N) is 1. The lowest BCUT2D eigenvalue weighted by Gasteiger charge is -2.33. The minimum atomic E-state index is -1.24. The molecule has 6 heteroatoms. The fraction of sp³-hybridized carbons (Fsp3) is 0.308. The molecule has 0 atom stereocenters. The molecule has 0 spiro atoms. The first-order valence-electron chi connectivity index (χ1n) is 5.71. The van der Waals surface area contributed by atoms with E-state index in [2.05, 4.69) is 5.32 Å². The van der Waals surface area contributed by atoms with Crippen LogP contribution < -0.4 is 5.32 Å². The van der Waals surface area contributed by atoms with Gasteiger partial charge >= 0.3 is 11.9 Å². The van der Waals surface area contributed by atoms with Crippen molar-refractivity contribution in [2.24, 2.45) is 5.92 Å². The molecule has 0 aromatic heterocycles. The van der Waals surface area contributed by atoms with Crippen molar-refractivity contribution < 1.29 is 19.1 Å². The monoisotopic (exact) mass is 279 g/mol. The van der Waals surface area contributed by atoms with Gasteiger partial charge < -0.3 is 14.8 Å². The van der Waals surface area contributed by atoms with Gasteiger partial charge in [0.05, 0.1) is 0 Å². The normalized spacial score (nSPS) is 18.4. The van der Waals surface area contributed by atoms with Crippen LogP contribution in [0.2, 0.25) is 0 Å². The number of hydrogen-bond donors (Lipinski definition) is 1. The van der Waals surface area contributed by atoms with Crippen LogP contribution in [0.5, 0.6) is 0 Å². The number of para-hydroxylation sites is 1. The molecule has 0 unspecified atom stereocenters. The van der Waals surface area contributed by atoms with Gasteiger partial charge in [-0.3, -0.25) is 9.59 Å². The van der Waals surface area contributed by atoms with E-state index in [1.807, 2.05) is 18.2 Å². The van der Waals surface area contributed by atoms with Crippen LogP contribution in [0.15, 0.2) is 30.3 Å². The van der Waals surface area contributed by atoms with E-state index in [-0.39, 0.29) is 4.99 Å². The Morgan fingerprint density at radius 3 is 2.21 bits per heavy atom. The summed E-state index contributed by atoms with van der Waals surface area (Å²) in [4.78, 5) is 23.7. The summed E-state index contributed by atoms with van der Waals surface area (Å²) in [6.45, 7) is 2.99. The largest absolute Gasteiger partial charge is 0.422 e. The lowest BCUT2D eigenvalue weighted by molar-refractivity contribution is -0.235. The van der Waals surface area contributed by atoms with E-state index in [1.54, 1.807) is 12.1 Å². The Kier molecular flexibility index (Phi) is 3.53. The number of anilines is 1. The van der Waals surface area contributed by atoms with Crippen molar-refractivity contribution in [2.45, 2.75) is 19.6 Å². The number of ether oxygens (including phenoxy) is 2. The van der Waals surface area contributed by atoms with E-state index < -0.39 is 23.6 Å². The van der Waals surface area contributed by atoms with Crippen molar-refractivity contribution in [3.05, 3.63) is 30.3 Å². The zero-order valence-corrected chi connectivity index (χ0v) is 11.3. The molecule has 1 fully saturated rings. The van der Waals surface area contributed by atoms with Crippen LogP contribution in [0.3, 0.4) is 0 Å². The number of esters is 2. The van der Waals surface area contributed by atoms with E-state index >= 15 is 0 Å². The van der Waals surface area contributed by atoms with Gasteiger partial charge in [-0.05, 0) is 12.1 Å². The third-order valence-corrected chi connectivity index (χ3v) is 2.81. The predicted molar refractivity (Wildman–Crippen MR) is 72.4 cm³/mol. The van der Waals surface area contributed by atoms with E-state index in [9.17, 15) is 9.59 Å². The fourth-order valence-corrected chi connectivity index (χ4v) is 1.98. The first-order chi connectivity index (χ1) is 8.89. The summed E-state index contributed by atoms with van der Waals surface area (Å²) in [5.74, 6) is -3.86. The molecule has 0 saturated carbocycles. The minimum absolute atomic E-state index is 0.0664. The van der Waals surface area contributed by atoms with E-state index in [0.29, 0.717) is 5.69 Å². The molecule has 1 aromatic carbocycles. The third kappa shape index (κ3) is 3.08. The SMILES string of the molecule is CC1(C)OC(=O)C(C(=S)Nc2ccccc2)C(=O)O1. The highest BCUT2D eigenvalue weighted by atomic mass is 32.1. The Balaban J connectivity index is 2.11. The first kappa shape index (κ1) is 13.5. The van der Waals surface area contributed by atoms with Gasteiger partial charge in [0.2, 0.25) is 5.92 Å². The highest BCUT2D eigenvalue weighted by Crippen LogP contribution is 2.24. The summed E-state index contributed by atoms with van der Waals surface area (Å²) in [6, 6.07) is 9.02. The number of carbonyl (C=O) groups excluding carboxylic acids is 2. The maximum Gasteiger partial charge on any atom is 0.330 e. The van der Waals surface area contributed by atoms with Gasteiger partial charge in [0.15, 0.2) is 0 Å². The van der Waals surface area contributed by atoms with Crippen LogP contribution in [0.25, 0.3) is 0 Å². The standard InChI is InChI=1S/C13H13NO4S/c1-13(2)17-11(15)9(12(16)18-13)10(19)14-8-6-4-3-5-7-8/h3-7,9H,1-2H3,(H,14,19). The third-order valence-electron chi connectivity index (χ3n) is 2.47. The van der Waals surface area contributed by atoms with Crippen LogP contribution in [0, 0.1) is 5.92 Å². The highest BCUT2D eigenvalue weighted by Gasteiger charge is 2.45. The second kappa shape index (κ2) is 4.97. The van der Waals surface area contributed by atoms with Gasteiger partial charge in [-0.1, -0.05) is 30.4 Å². The molecule has 5 nitrogen and oxygen atoms in total. The van der Waals surface area contributed by atoms with Crippen molar-refractivity contribution in [1.29, 1.82) is 0 Å². The molecule has 1 aliphatic rings. The molecular weight excluding hydrogens is 266 g/mol. The summed E-state index contributed by atoms with van der Waals surface area (Å²) in [5.41, 5.74) is 0.693. The van der Waals surface area contributed by atoms with E-state index in [1.165, 1.54) is 13.8 Å². The first-order valence-corrected chi connectivity index (χ1v) is 6.11. The highest BCUT2D eigenvalue weighted by molar-refractivity contribution is 7.80. The number of hydrogen-bond acceptors (Lipinski definition) is 5. The Bertz CT molecular complexity index is 507. The molecule has 0 aliphatic carbocycles. The quantitative estimate of drug-likeness (QED) is 0.506. The zero-order chi connectivity index (χ0) is 14.0. The van der Waals surface area contributed by atoms with Crippen molar-refractivity contribution in [3.63, 3.8) is 0 Å².